The summed E-state index contributed by atoms with van der Waals surface area (Å²) < 4.78 is 33.8. The molecule has 0 aliphatic carbocycles. The number of aryl methyl sites for hydroxylation is 2. The molecular weight excluding hydrogens is 436 g/mol. The number of nitrogens with zero attached hydrogens (tertiary/aromatic N) is 1. The SMILES string of the molecule is Cc1cc(C)cc(NC(=O)[C@H]2CN(S(=O)(=O)c3ccccc3)c3cc(Cl)ccc3O2)c1. The number of hydrogen-bond acceptors (Lipinski definition) is 4. The molecule has 0 fully saturated rings. The van der Waals surface area contributed by atoms with E-state index in [1.54, 1.807) is 30.3 Å². The van der Waals surface area contributed by atoms with Crippen molar-refractivity contribution < 1.29 is 17.9 Å². The van der Waals surface area contributed by atoms with Gasteiger partial charge in [-0.15, -0.1) is 0 Å². The summed E-state index contributed by atoms with van der Waals surface area (Å²) in [5.74, 6) is -0.158. The van der Waals surface area contributed by atoms with E-state index < -0.39 is 22.0 Å². The van der Waals surface area contributed by atoms with Crippen LogP contribution in [0.4, 0.5) is 11.4 Å². The maximum atomic E-state index is 13.4. The van der Waals surface area contributed by atoms with Gasteiger partial charge in [0.25, 0.3) is 15.9 Å². The van der Waals surface area contributed by atoms with Crippen LogP contribution < -0.4 is 14.4 Å². The Kier molecular flexibility index (Phi) is 5.64. The zero-order valence-corrected chi connectivity index (χ0v) is 18.6. The van der Waals surface area contributed by atoms with Gasteiger partial charge in [-0.25, -0.2) is 8.42 Å². The van der Waals surface area contributed by atoms with E-state index in [9.17, 15) is 13.2 Å². The second-order valence-corrected chi connectivity index (χ2v) is 9.73. The summed E-state index contributed by atoms with van der Waals surface area (Å²) >= 11 is 6.12. The van der Waals surface area contributed by atoms with E-state index in [1.807, 2.05) is 32.0 Å². The highest BCUT2D eigenvalue weighted by Crippen LogP contribution is 2.39. The number of amides is 1. The average molecular weight is 457 g/mol. The van der Waals surface area contributed by atoms with Crippen LogP contribution in [0.2, 0.25) is 5.02 Å². The molecular formula is C23H21ClN2O4S. The molecule has 3 aromatic rings. The smallest absolute Gasteiger partial charge is 0.267 e. The molecule has 4 rings (SSSR count). The Morgan fingerprint density at radius 1 is 1.03 bits per heavy atom. The minimum atomic E-state index is -3.93. The number of ether oxygens (including phenoxy) is 1. The van der Waals surface area contributed by atoms with Crippen LogP contribution in [0.25, 0.3) is 0 Å². The van der Waals surface area contributed by atoms with E-state index in [4.69, 9.17) is 16.3 Å². The van der Waals surface area contributed by atoms with Crippen molar-refractivity contribution in [3.63, 3.8) is 0 Å². The van der Waals surface area contributed by atoms with Crippen LogP contribution in [0.3, 0.4) is 0 Å². The van der Waals surface area contributed by atoms with Crippen molar-refractivity contribution >= 4 is 38.9 Å². The minimum Gasteiger partial charge on any atom is -0.476 e. The molecule has 0 radical (unpaired) electrons. The Bertz CT molecular complexity index is 1230. The van der Waals surface area contributed by atoms with Crippen LogP contribution in [0.15, 0.2) is 71.6 Å². The molecule has 1 aliphatic rings. The van der Waals surface area contributed by atoms with Gasteiger partial charge in [-0.05, 0) is 67.4 Å². The van der Waals surface area contributed by atoms with E-state index in [0.29, 0.717) is 16.4 Å². The van der Waals surface area contributed by atoms with Crippen molar-refractivity contribution in [1.82, 2.24) is 0 Å². The highest BCUT2D eigenvalue weighted by molar-refractivity contribution is 7.92. The molecule has 0 saturated carbocycles. The van der Waals surface area contributed by atoms with E-state index in [2.05, 4.69) is 5.32 Å². The van der Waals surface area contributed by atoms with E-state index >= 15 is 0 Å². The zero-order chi connectivity index (χ0) is 22.2. The third kappa shape index (κ3) is 4.38. The van der Waals surface area contributed by atoms with Gasteiger partial charge in [-0.3, -0.25) is 9.10 Å². The number of nitrogens with one attached hydrogen (secondary N) is 1. The van der Waals surface area contributed by atoms with Gasteiger partial charge in [0.15, 0.2) is 6.10 Å². The topological polar surface area (TPSA) is 75.7 Å². The van der Waals surface area contributed by atoms with Crippen LogP contribution in [0.5, 0.6) is 5.75 Å². The van der Waals surface area contributed by atoms with E-state index in [0.717, 1.165) is 11.1 Å². The third-order valence-corrected chi connectivity index (χ3v) is 6.93. The Labute approximate surface area is 186 Å². The minimum absolute atomic E-state index is 0.122. The first-order valence-electron chi connectivity index (χ1n) is 9.67. The van der Waals surface area contributed by atoms with Crippen molar-refractivity contribution in [3.05, 3.63) is 82.9 Å². The van der Waals surface area contributed by atoms with Crippen LogP contribution >= 0.6 is 11.6 Å². The van der Waals surface area contributed by atoms with Crippen molar-refractivity contribution in [2.24, 2.45) is 0 Å². The summed E-state index contributed by atoms with van der Waals surface area (Å²) in [6.45, 7) is 3.70. The summed E-state index contributed by atoms with van der Waals surface area (Å²) in [7, 11) is -3.93. The summed E-state index contributed by atoms with van der Waals surface area (Å²) in [4.78, 5) is 13.1. The maximum Gasteiger partial charge on any atom is 0.267 e. The molecule has 1 N–H and O–H groups in total. The van der Waals surface area contributed by atoms with Crippen LogP contribution in [-0.4, -0.2) is 27.0 Å². The lowest BCUT2D eigenvalue weighted by Crippen LogP contribution is -2.48. The number of rotatable bonds is 4. The molecule has 160 valence electrons. The van der Waals surface area contributed by atoms with Gasteiger partial charge in [0.1, 0.15) is 5.75 Å². The standard InChI is InChI=1S/C23H21ClN2O4S/c1-15-10-16(2)12-18(11-15)25-23(27)22-14-26(20-13-17(24)8-9-21(20)30-22)31(28,29)19-6-4-3-5-7-19/h3-13,22H,14H2,1-2H3,(H,25,27)/t22-/m1/s1. The molecule has 8 heteroatoms. The molecule has 0 aromatic heterocycles. The van der Waals surface area contributed by atoms with E-state index in [-0.39, 0.29) is 17.2 Å². The predicted octanol–water partition coefficient (Wildman–Crippen LogP) is 4.55. The second-order valence-electron chi connectivity index (χ2n) is 7.43. The Morgan fingerprint density at radius 3 is 2.39 bits per heavy atom. The Hall–Kier alpha value is -3.03. The van der Waals surface area contributed by atoms with Gasteiger partial charge >= 0.3 is 0 Å². The second kappa shape index (κ2) is 8.24. The quantitative estimate of drug-likeness (QED) is 0.624. The normalized spacial score (nSPS) is 15.7. The van der Waals surface area contributed by atoms with Crippen molar-refractivity contribution in [2.75, 3.05) is 16.2 Å². The number of halogens is 1. The van der Waals surface area contributed by atoms with Gasteiger partial charge in [0.05, 0.1) is 17.1 Å². The van der Waals surface area contributed by atoms with Crippen molar-refractivity contribution in [3.8, 4) is 5.75 Å². The lowest BCUT2D eigenvalue weighted by atomic mass is 10.1. The molecule has 0 bridgehead atoms. The number of benzene rings is 3. The van der Waals surface area contributed by atoms with Gasteiger partial charge in [-0.2, -0.15) is 0 Å². The first-order valence-corrected chi connectivity index (χ1v) is 11.5. The summed E-state index contributed by atoms with van der Waals surface area (Å²) in [6, 6.07) is 18.4. The lowest BCUT2D eigenvalue weighted by Gasteiger charge is -2.34. The van der Waals surface area contributed by atoms with Crippen molar-refractivity contribution in [1.29, 1.82) is 0 Å². The Morgan fingerprint density at radius 2 is 1.71 bits per heavy atom. The molecule has 31 heavy (non-hydrogen) atoms. The van der Waals surface area contributed by atoms with Crippen LogP contribution in [0, 0.1) is 13.8 Å². The first-order chi connectivity index (χ1) is 14.7. The molecule has 1 amide bonds. The molecule has 1 heterocycles. The number of fused-ring (bicyclic) bond motifs is 1. The predicted molar refractivity (Wildman–Crippen MR) is 121 cm³/mol. The molecule has 3 aromatic carbocycles. The number of carbonyl (C=O) groups is 1. The van der Waals surface area contributed by atoms with Gasteiger partial charge in [-0.1, -0.05) is 35.9 Å². The molecule has 0 spiro atoms. The third-order valence-electron chi connectivity index (χ3n) is 4.90. The van der Waals surface area contributed by atoms with Crippen LogP contribution in [-0.2, 0) is 14.8 Å². The number of carbonyl (C=O) groups excluding carboxylic acids is 1. The van der Waals surface area contributed by atoms with Crippen molar-refractivity contribution in [2.45, 2.75) is 24.8 Å². The van der Waals surface area contributed by atoms with Gasteiger partial charge < -0.3 is 10.1 Å². The summed E-state index contributed by atoms with van der Waals surface area (Å²) in [5, 5.41) is 3.20. The van der Waals surface area contributed by atoms with Gasteiger partial charge in [0, 0.05) is 10.7 Å². The first kappa shape index (κ1) is 21.2. The highest BCUT2D eigenvalue weighted by atomic mass is 35.5. The van der Waals surface area contributed by atoms with Gasteiger partial charge in [0.2, 0.25) is 0 Å². The molecule has 0 saturated heterocycles. The summed E-state index contributed by atoms with van der Waals surface area (Å²) in [6.07, 6.45) is -1.03. The molecule has 6 nitrogen and oxygen atoms in total. The Balaban J connectivity index is 1.69. The highest BCUT2D eigenvalue weighted by Gasteiger charge is 2.37. The molecule has 0 unspecified atom stereocenters. The molecule has 1 aliphatic heterocycles. The average Bonchev–Trinajstić information content (AvgIpc) is 2.72. The fraction of sp³-hybridized carbons (Fsp3) is 0.174. The monoisotopic (exact) mass is 456 g/mol. The fourth-order valence-electron chi connectivity index (χ4n) is 3.58. The number of anilines is 2. The largest absolute Gasteiger partial charge is 0.476 e. The van der Waals surface area contributed by atoms with E-state index in [1.165, 1.54) is 22.5 Å². The zero-order valence-electron chi connectivity index (χ0n) is 17.0. The molecule has 1 atom stereocenters. The fourth-order valence-corrected chi connectivity index (χ4v) is 5.23. The number of sulfonamides is 1. The maximum absolute atomic E-state index is 13.4. The van der Waals surface area contributed by atoms with Crippen LogP contribution in [0.1, 0.15) is 11.1 Å². The summed E-state index contributed by atoms with van der Waals surface area (Å²) in [5.41, 5.74) is 2.94. The number of hydrogen-bond donors (Lipinski definition) is 1. The lowest BCUT2D eigenvalue weighted by molar-refractivity contribution is -0.122.